The van der Waals surface area contributed by atoms with Crippen molar-refractivity contribution in [3.05, 3.63) is 70.8 Å². The SMILES string of the molecule is NOc1cccc(CNc2cc(-c3ccccc3O)nc3c(Br)cnn23)c1. The van der Waals surface area contributed by atoms with Crippen LogP contribution in [0.1, 0.15) is 5.56 Å². The average molecular weight is 426 g/mol. The van der Waals surface area contributed by atoms with Gasteiger partial charge in [-0.3, -0.25) is 0 Å². The Hall–Kier alpha value is -3.10. The van der Waals surface area contributed by atoms with Crippen LogP contribution in [0.2, 0.25) is 0 Å². The zero-order valence-electron chi connectivity index (χ0n) is 14.1. The monoisotopic (exact) mass is 425 g/mol. The van der Waals surface area contributed by atoms with Crippen molar-refractivity contribution in [3.63, 3.8) is 0 Å². The summed E-state index contributed by atoms with van der Waals surface area (Å²) in [6.45, 7) is 0.536. The number of phenolic OH excluding ortho intramolecular Hbond substituents is 1. The normalized spacial score (nSPS) is 10.9. The zero-order valence-corrected chi connectivity index (χ0v) is 15.7. The van der Waals surface area contributed by atoms with Crippen molar-refractivity contribution in [2.24, 2.45) is 5.90 Å². The van der Waals surface area contributed by atoms with Gasteiger partial charge in [0.15, 0.2) is 5.65 Å². The molecule has 27 heavy (non-hydrogen) atoms. The Morgan fingerprint density at radius 2 is 2.00 bits per heavy atom. The number of benzene rings is 2. The number of nitrogens with zero attached hydrogens (tertiary/aromatic N) is 3. The lowest BCUT2D eigenvalue weighted by Crippen LogP contribution is -2.07. The van der Waals surface area contributed by atoms with Crippen LogP contribution in [0.3, 0.4) is 0 Å². The summed E-state index contributed by atoms with van der Waals surface area (Å²) in [7, 11) is 0. The maximum Gasteiger partial charge on any atom is 0.172 e. The van der Waals surface area contributed by atoms with Gasteiger partial charge in [0.2, 0.25) is 0 Å². The molecule has 4 N–H and O–H groups in total. The van der Waals surface area contributed by atoms with Gasteiger partial charge in [-0.15, -0.1) is 0 Å². The third-order valence-corrected chi connectivity index (χ3v) is 4.68. The molecule has 2 aromatic carbocycles. The zero-order chi connectivity index (χ0) is 18.8. The fourth-order valence-electron chi connectivity index (χ4n) is 2.81. The molecule has 0 radical (unpaired) electrons. The number of aromatic nitrogens is 3. The van der Waals surface area contributed by atoms with E-state index >= 15 is 0 Å². The molecule has 2 aromatic heterocycles. The minimum atomic E-state index is 0.170. The number of nitrogens with one attached hydrogen (secondary N) is 1. The summed E-state index contributed by atoms with van der Waals surface area (Å²) in [4.78, 5) is 9.41. The molecule has 0 saturated carbocycles. The Labute approximate surface area is 163 Å². The first-order chi connectivity index (χ1) is 13.2. The summed E-state index contributed by atoms with van der Waals surface area (Å²) in [5, 5.41) is 17.9. The number of para-hydroxylation sites is 1. The van der Waals surface area contributed by atoms with Gasteiger partial charge >= 0.3 is 0 Å². The topological polar surface area (TPSA) is 97.7 Å². The van der Waals surface area contributed by atoms with Crippen LogP contribution in [0.15, 0.2) is 65.3 Å². The summed E-state index contributed by atoms with van der Waals surface area (Å²) in [6.07, 6.45) is 1.69. The molecule has 136 valence electrons. The minimum Gasteiger partial charge on any atom is -0.507 e. The molecule has 0 fully saturated rings. The van der Waals surface area contributed by atoms with Crippen LogP contribution in [0.25, 0.3) is 16.9 Å². The summed E-state index contributed by atoms with van der Waals surface area (Å²) in [6, 6.07) is 16.4. The van der Waals surface area contributed by atoms with E-state index in [0.29, 0.717) is 29.2 Å². The summed E-state index contributed by atoms with van der Waals surface area (Å²) in [5.74, 6) is 6.73. The molecule has 8 heteroatoms. The van der Waals surface area contributed by atoms with Crippen LogP contribution in [0.5, 0.6) is 11.5 Å². The fraction of sp³-hybridized carbons (Fsp3) is 0.0526. The lowest BCUT2D eigenvalue weighted by atomic mass is 10.1. The van der Waals surface area contributed by atoms with Gasteiger partial charge in [0, 0.05) is 18.2 Å². The Morgan fingerprint density at radius 1 is 1.15 bits per heavy atom. The van der Waals surface area contributed by atoms with Crippen molar-refractivity contribution in [1.82, 2.24) is 14.6 Å². The van der Waals surface area contributed by atoms with Crippen molar-refractivity contribution in [3.8, 4) is 22.8 Å². The smallest absolute Gasteiger partial charge is 0.172 e. The second-order valence-corrected chi connectivity index (χ2v) is 6.74. The number of hydrogen-bond acceptors (Lipinski definition) is 6. The van der Waals surface area contributed by atoms with Crippen molar-refractivity contribution in [1.29, 1.82) is 0 Å². The van der Waals surface area contributed by atoms with Gasteiger partial charge in [0.05, 0.1) is 16.4 Å². The molecular weight excluding hydrogens is 410 g/mol. The van der Waals surface area contributed by atoms with Crippen LogP contribution in [0.4, 0.5) is 5.82 Å². The highest BCUT2D eigenvalue weighted by Crippen LogP contribution is 2.31. The number of fused-ring (bicyclic) bond motifs is 1. The lowest BCUT2D eigenvalue weighted by Gasteiger charge is -2.12. The summed E-state index contributed by atoms with van der Waals surface area (Å²) in [5.41, 5.74) is 2.94. The number of nitrogens with two attached hydrogens (primary N) is 1. The molecule has 4 rings (SSSR count). The van der Waals surface area contributed by atoms with E-state index in [1.165, 1.54) is 0 Å². The van der Waals surface area contributed by atoms with E-state index < -0.39 is 0 Å². The summed E-state index contributed by atoms with van der Waals surface area (Å²) < 4.78 is 2.47. The largest absolute Gasteiger partial charge is 0.507 e. The van der Waals surface area contributed by atoms with Gasteiger partial charge in [-0.25, -0.2) is 4.98 Å². The van der Waals surface area contributed by atoms with Crippen LogP contribution in [0, 0.1) is 0 Å². The van der Waals surface area contributed by atoms with Crippen molar-refractivity contribution >= 4 is 27.4 Å². The Balaban J connectivity index is 1.74. The predicted octanol–water partition coefficient (Wildman–Crippen LogP) is 3.73. The van der Waals surface area contributed by atoms with E-state index in [1.54, 1.807) is 28.9 Å². The van der Waals surface area contributed by atoms with Gasteiger partial charge in [-0.2, -0.15) is 15.5 Å². The number of hydrogen-bond donors (Lipinski definition) is 3. The molecule has 7 nitrogen and oxygen atoms in total. The van der Waals surface area contributed by atoms with E-state index in [9.17, 15) is 5.11 Å². The van der Waals surface area contributed by atoms with E-state index in [4.69, 9.17) is 10.7 Å². The molecule has 0 saturated heterocycles. The van der Waals surface area contributed by atoms with Crippen molar-refractivity contribution in [2.75, 3.05) is 5.32 Å². The second kappa shape index (κ2) is 7.26. The lowest BCUT2D eigenvalue weighted by molar-refractivity contribution is 0.334. The van der Waals surface area contributed by atoms with E-state index in [0.717, 1.165) is 15.9 Å². The predicted molar refractivity (Wildman–Crippen MR) is 106 cm³/mol. The molecule has 0 unspecified atom stereocenters. The molecule has 0 bridgehead atoms. The Kier molecular flexibility index (Phi) is 4.66. The Bertz CT molecular complexity index is 1110. The first-order valence-electron chi connectivity index (χ1n) is 8.18. The number of aromatic hydroxyl groups is 1. The number of phenols is 1. The number of anilines is 1. The molecule has 4 aromatic rings. The number of rotatable bonds is 5. The molecule has 0 aliphatic carbocycles. The quantitative estimate of drug-likeness (QED) is 0.421. The molecule has 0 aliphatic rings. The highest BCUT2D eigenvalue weighted by molar-refractivity contribution is 9.10. The van der Waals surface area contributed by atoms with E-state index in [1.807, 2.05) is 36.4 Å². The van der Waals surface area contributed by atoms with Crippen molar-refractivity contribution in [2.45, 2.75) is 6.54 Å². The highest BCUT2D eigenvalue weighted by Gasteiger charge is 2.13. The molecule has 0 aliphatic heterocycles. The Morgan fingerprint density at radius 3 is 2.81 bits per heavy atom. The maximum atomic E-state index is 10.2. The standard InChI is InChI=1S/C19H16BrN5O2/c20-15-11-23-25-18(22-10-12-4-3-5-13(8-12)27-21)9-16(24-19(15)25)14-6-1-2-7-17(14)26/h1-9,11,22,26H,10,21H2. The van der Waals surface area contributed by atoms with Crippen LogP contribution >= 0.6 is 15.9 Å². The molecule has 0 amide bonds. The minimum absolute atomic E-state index is 0.170. The maximum absolute atomic E-state index is 10.2. The highest BCUT2D eigenvalue weighted by atomic mass is 79.9. The third kappa shape index (κ3) is 3.44. The molecular formula is C19H16BrN5O2. The first kappa shape index (κ1) is 17.3. The van der Waals surface area contributed by atoms with Gasteiger partial charge in [-0.1, -0.05) is 24.3 Å². The van der Waals surface area contributed by atoms with Gasteiger partial charge in [0.1, 0.15) is 17.3 Å². The molecule has 0 spiro atoms. The van der Waals surface area contributed by atoms with E-state index in [2.05, 4.69) is 31.3 Å². The van der Waals surface area contributed by atoms with Gasteiger partial charge in [-0.05, 0) is 45.8 Å². The van der Waals surface area contributed by atoms with Crippen molar-refractivity contribution < 1.29 is 9.94 Å². The second-order valence-electron chi connectivity index (χ2n) is 5.89. The molecule has 2 heterocycles. The first-order valence-corrected chi connectivity index (χ1v) is 8.97. The van der Waals surface area contributed by atoms with Crippen LogP contribution < -0.4 is 16.1 Å². The van der Waals surface area contributed by atoms with E-state index in [-0.39, 0.29) is 5.75 Å². The van der Waals surface area contributed by atoms with Crippen LogP contribution in [-0.2, 0) is 6.54 Å². The van der Waals surface area contributed by atoms with Crippen LogP contribution in [-0.4, -0.2) is 19.7 Å². The third-order valence-electron chi connectivity index (χ3n) is 4.12. The van der Waals surface area contributed by atoms with Gasteiger partial charge in [0.25, 0.3) is 0 Å². The number of halogens is 1. The summed E-state index contributed by atoms with van der Waals surface area (Å²) >= 11 is 3.47. The fourth-order valence-corrected chi connectivity index (χ4v) is 3.16. The molecule has 0 atom stereocenters. The average Bonchev–Trinajstić information content (AvgIpc) is 3.07. The van der Waals surface area contributed by atoms with Gasteiger partial charge < -0.3 is 15.3 Å².